The third-order valence-corrected chi connectivity index (χ3v) is 7.57. The number of hydrogen-bond acceptors (Lipinski definition) is 6. The maximum Gasteiger partial charge on any atom is 0.407 e. The van der Waals surface area contributed by atoms with Crippen molar-refractivity contribution in [1.29, 1.82) is 0 Å². The van der Waals surface area contributed by atoms with Crippen LogP contribution in [-0.4, -0.2) is 54.5 Å². The lowest BCUT2D eigenvalue weighted by molar-refractivity contribution is -0.0199. The molecule has 196 valence electrons. The molecule has 3 aromatic carbocycles. The molecule has 4 aromatic rings. The number of carbonyl (C=O) groups is 2. The molecule has 1 aliphatic heterocycles. The van der Waals surface area contributed by atoms with Crippen LogP contribution < -0.4 is 4.74 Å². The summed E-state index contributed by atoms with van der Waals surface area (Å²) in [5.74, 6) is 0.394. The van der Waals surface area contributed by atoms with Gasteiger partial charge in [-0.25, -0.2) is 9.59 Å². The maximum atomic E-state index is 11.9. The Balaban J connectivity index is 1.19. The van der Waals surface area contributed by atoms with Crippen LogP contribution in [0.1, 0.15) is 33.1 Å². The Bertz CT molecular complexity index is 1370. The smallest absolute Gasteiger partial charge is 0.407 e. The van der Waals surface area contributed by atoms with Gasteiger partial charge in [-0.05, 0) is 58.0 Å². The zero-order chi connectivity index (χ0) is 26.3. The third kappa shape index (κ3) is 6.33. The number of amides is 1. The summed E-state index contributed by atoms with van der Waals surface area (Å²) < 4.78 is 17.3. The summed E-state index contributed by atoms with van der Waals surface area (Å²) in [4.78, 5) is 25.6. The van der Waals surface area contributed by atoms with Gasteiger partial charge in [-0.15, -0.1) is 11.3 Å². The molecule has 0 radical (unpaired) electrons. The van der Waals surface area contributed by atoms with Crippen molar-refractivity contribution in [3.05, 3.63) is 100 Å². The van der Waals surface area contributed by atoms with E-state index in [1.165, 1.54) is 21.6 Å². The molecule has 1 aliphatic rings. The lowest BCUT2D eigenvalue weighted by atomic mass is 9.87. The molecule has 7 nitrogen and oxygen atoms in total. The molecule has 0 aliphatic carbocycles. The average molecular weight is 532 g/mol. The monoisotopic (exact) mass is 531 g/mol. The molecular formula is C30H29NO6S. The third-order valence-electron chi connectivity index (χ3n) is 6.72. The van der Waals surface area contributed by atoms with E-state index in [1.54, 1.807) is 6.07 Å². The second kappa shape index (κ2) is 12.1. The van der Waals surface area contributed by atoms with Gasteiger partial charge >= 0.3 is 12.1 Å². The van der Waals surface area contributed by atoms with E-state index in [-0.39, 0.29) is 31.2 Å². The van der Waals surface area contributed by atoms with Gasteiger partial charge in [0.1, 0.15) is 23.8 Å². The molecule has 1 amide bonds. The normalized spacial score (nSPS) is 17.3. The summed E-state index contributed by atoms with van der Waals surface area (Å²) in [7, 11) is 0. The first-order chi connectivity index (χ1) is 18.6. The van der Waals surface area contributed by atoms with Gasteiger partial charge in [-0.3, -0.25) is 0 Å². The first-order valence-electron chi connectivity index (χ1n) is 12.6. The number of rotatable bonds is 9. The van der Waals surface area contributed by atoms with Gasteiger partial charge in [0.2, 0.25) is 0 Å². The van der Waals surface area contributed by atoms with Crippen molar-refractivity contribution in [2.24, 2.45) is 0 Å². The Morgan fingerprint density at radius 3 is 2.53 bits per heavy atom. The number of hydrogen-bond donors (Lipinski definition) is 1. The average Bonchev–Trinajstić information content (AvgIpc) is 3.50. The predicted octanol–water partition coefficient (Wildman–Crippen LogP) is 6.19. The zero-order valence-corrected chi connectivity index (χ0v) is 21.6. The second-order valence-corrected chi connectivity index (χ2v) is 10.1. The molecule has 0 saturated carbocycles. The molecule has 1 aromatic heterocycles. The molecule has 2 unspecified atom stereocenters. The number of likely N-dealkylation sites (tertiary alicyclic amines) is 1. The second-order valence-electron chi connectivity index (χ2n) is 9.19. The number of piperidine rings is 1. The van der Waals surface area contributed by atoms with E-state index in [4.69, 9.17) is 14.2 Å². The summed E-state index contributed by atoms with van der Waals surface area (Å²) in [6.45, 7) is 1.61. The van der Waals surface area contributed by atoms with Crippen molar-refractivity contribution >= 4 is 34.2 Å². The minimum absolute atomic E-state index is 0.0619. The quantitative estimate of drug-likeness (QED) is 0.205. The first kappa shape index (κ1) is 25.8. The van der Waals surface area contributed by atoms with E-state index in [2.05, 4.69) is 30.3 Å². The highest BCUT2D eigenvalue weighted by Crippen LogP contribution is 2.32. The van der Waals surface area contributed by atoms with Crippen molar-refractivity contribution in [3.8, 4) is 5.75 Å². The Morgan fingerprint density at radius 2 is 1.76 bits per heavy atom. The number of carbonyl (C=O) groups excluding carboxylic acids is 1. The Hall–Kier alpha value is -3.88. The van der Waals surface area contributed by atoms with E-state index in [1.807, 2.05) is 47.8 Å². The predicted molar refractivity (Wildman–Crippen MR) is 146 cm³/mol. The first-order valence-corrected chi connectivity index (χ1v) is 13.5. The number of nitrogens with zero attached hydrogens (tertiary/aromatic N) is 1. The minimum Gasteiger partial charge on any atom is -0.490 e. The molecule has 2 atom stereocenters. The van der Waals surface area contributed by atoms with Crippen LogP contribution in [0.5, 0.6) is 5.75 Å². The van der Waals surface area contributed by atoms with Crippen molar-refractivity contribution in [3.63, 3.8) is 0 Å². The highest BCUT2D eigenvalue weighted by molar-refractivity contribution is 7.11. The van der Waals surface area contributed by atoms with Crippen LogP contribution in [-0.2, 0) is 16.1 Å². The molecular weight excluding hydrogens is 502 g/mol. The van der Waals surface area contributed by atoms with Crippen LogP contribution >= 0.6 is 11.3 Å². The highest BCUT2D eigenvalue weighted by atomic mass is 32.1. The Morgan fingerprint density at radius 1 is 0.947 bits per heavy atom. The molecule has 1 N–H and O–H groups in total. The van der Waals surface area contributed by atoms with Gasteiger partial charge in [0.25, 0.3) is 0 Å². The molecule has 0 spiro atoms. The summed E-state index contributed by atoms with van der Waals surface area (Å²) >= 11 is 1.34. The summed E-state index contributed by atoms with van der Waals surface area (Å²) in [5.41, 5.74) is 2.13. The number of benzene rings is 3. The highest BCUT2D eigenvalue weighted by Gasteiger charge is 2.33. The molecule has 1 saturated heterocycles. The van der Waals surface area contributed by atoms with Gasteiger partial charge in [-0.2, -0.15) is 0 Å². The van der Waals surface area contributed by atoms with Crippen molar-refractivity contribution in [2.75, 3.05) is 26.3 Å². The largest absolute Gasteiger partial charge is 0.490 e. The fourth-order valence-corrected chi connectivity index (χ4v) is 5.36. The van der Waals surface area contributed by atoms with Crippen LogP contribution in [0.4, 0.5) is 4.79 Å². The lowest BCUT2D eigenvalue weighted by Crippen LogP contribution is -2.46. The van der Waals surface area contributed by atoms with Gasteiger partial charge in [-0.1, -0.05) is 54.6 Å². The van der Waals surface area contributed by atoms with Gasteiger partial charge in [0.05, 0.1) is 19.3 Å². The lowest BCUT2D eigenvalue weighted by Gasteiger charge is -2.37. The maximum absolute atomic E-state index is 11.9. The number of esters is 1. The van der Waals surface area contributed by atoms with Crippen molar-refractivity contribution in [2.45, 2.75) is 25.0 Å². The van der Waals surface area contributed by atoms with Crippen molar-refractivity contribution in [1.82, 2.24) is 4.90 Å². The molecule has 1 fully saturated rings. The fourth-order valence-electron chi connectivity index (χ4n) is 4.74. The van der Waals surface area contributed by atoms with Gasteiger partial charge < -0.3 is 24.2 Å². The SMILES string of the molecule is O=C(OCCOc1ccc(C2CCN(C(=O)O)CC2OCc2ccc3ccccc3c2)cc1)c1cccs1. The Labute approximate surface area is 225 Å². The molecule has 2 heterocycles. The number of ether oxygens (including phenoxy) is 3. The van der Waals surface area contributed by atoms with E-state index >= 15 is 0 Å². The molecule has 38 heavy (non-hydrogen) atoms. The molecule has 0 bridgehead atoms. The van der Waals surface area contributed by atoms with Gasteiger partial charge in [0.15, 0.2) is 0 Å². The Kier molecular flexibility index (Phi) is 8.21. The van der Waals surface area contributed by atoms with E-state index in [0.29, 0.717) is 36.7 Å². The van der Waals surface area contributed by atoms with Crippen molar-refractivity contribution < 1.29 is 28.9 Å². The van der Waals surface area contributed by atoms with Crippen LogP contribution in [0, 0.1) is 0 Å². The number of fused-ring (bicyclic) bond motifs is 1. The van der Waals surface area contributed by atoms with E-state index < -0.39 is 6.09 Å². The van der Waals surface area contributed by atoms with E-state index in [0.717, 1.165) is 16.5 Å². The summed E-state index contributed by atoms with van der Waals surface area (Å²) in [6, 6.07) is 25.8. The fraction of sp³-hybridized carbons (Fsp3) is 0.267. The minimum atomic E-state index is -0.925. The van der Waals surface area contributed by atoms with Gasteiger partial charge in [0, 0.05) is 12.5 Å². The topological polar surface area (TPSA) is 85.3 Å². The summed E-state index contributed by atoms with van der Waals surface area (Å²) in [6.07, 6.45) is -0.519. The standard InChI is InChI=1S/C30H29NO6S/c32-29(28-6-3-17-38-28)36-16-15-35-25-11-9-23(10-12-25)26-13-14-31(30(33)34)19-27(26)37-20-21-7-8-22-4-1-2-5-24(22)18-21/h1-12,17-18,26-27H,13-16,19-20H2,(H,33,34). The van der Waals surface area contributed by atoms with Crippen LogP contribution in [0.2, 0.25) is 0 Å². The van der Waals surface area contributed by atoms with E-state index in [9.17, 15) is 14.7 Å². The molecule has 8 heteroatoms. The molecule has 5 rings (SSSR count). The van der Waals surface area contributed by atoms with Crippen LogP contribution in [0.15, 0.2) is 84.2 Å². The summed E-state index contributed by atoms with van der Waals surface area (Å²) in [5, 5.41) is 13.7. The van der Waals surface area contributed by atoms with Crippen LogP contribution in [0.25, 0.3) is 10.8 Å². The number of carboxylic acid groups (broad SMARTS) is 1. The van der Waals surface area contributed by atoms with Crippen LogP contribution in [0.3, 0.4) is 0 Å². The number of thiophene rings is 1. The zero-order valence-electron chi connectivity index (χ0n) is 20.8.